The van der Waals surface area contributed by atoms with E-state index in [2.05, 4.69) is 32.9 Å². The lowest BCUT2D eigenvalue weighted by molar-refractivity contribution is -0.141. The molecule has 1 aromatic carbocycles. The Hall–Kier alpha value is -1.51. The number of hydrogen-bond acceptors (Lipinski definition) is 3. The first-order valence-electron chi connectivity index (χ1n) is 5.76. The van der Waals surface area contributed by atoms with Gasteiger partial charge in [-0.3, -0.25) is 4.79 Å². The molecule has 0 amide bonds. The van der Waals surface area contributed by atoms with Crippen LogP contribution in [0.3, 0.4) is 0 Å². The largest absolute Gasteiger partial charge is 0.490 e. The summed E-state index contributed by atoms with van der Waals surface area (Å²) in [5, 5.41) is 0. The highest BCUT2D eigenvalue weighted by atomic mass is 16.6. The second-order valence-corrected chi connectivity index (χ2v) is 4.96. The van der Waals surface area contributed by atoms with Crippen LogP contribution < -0.4 is 4.74 Å². The van der Waals surface area contributed by atoms with E-state index in [1.54, 1.807) is 0 Å². The van der Waals surface area contributed by atoms with E-state index in [0.717, 1.165) is 5.75 Å². The van der Waals surface area contributed by atoms with E-state index in [9.17, 15) is 4.79 Å². The summed E-state index contributed by atoms with van der Waals surface area (Å²) in [6, 6.07) is 7.99. The van der Waals surface area contributed by atoms with Crippen molar-refractivity contribution in [2.24, 2.45) is 0 Å². The molecule has 3 heteroatoms. The van der Waals surface area contributed by atoms with Gasteiger partial charge in [0.2, 0.25) is 0 Å². The summed E-state index contributed by atoms with van der Waals surface area (Å²) in [5.74, 6) is 0.516. The molecular formula is C14H20O3. The van der Waals surface area contributed by atoms with Crippen LogP contribution >= 0.6 is 0 Å². The first-order valence-corrected chi connectivity index (χ1v) is 5.76. The molecule has 0 saturated heterocycles. The standard InChI is InChI=1S/C14H20O3/c1-11(15)16-9-10-17-13-7-5-12(6-8-13)14(2,3)4/h5-8H,9-10H2,1-4H3. The van der Waals surface area contributed by atoms with E-state index in [4.69, 9.17) is 9.47 Å². The van der Waals surface area contributed by atoms with Crippen molar-refractivity contribution in [3.63, 3.8) is 0 Å². The molecule has 17 heavy (non-hydrogen) atoms. The molecule has 0 N–H and O–H groups in total. The summed E-state index contributed by atoms with van der Waals surface area (Å²) in [6.07, 6.45) is 0. The van der Waals surface area contributed by atoms with Crippen LogP contribution in [-0.2, 0) is 14.9 Å². The third-order valence-electron chi connectivity index (χ3n) is 2.38. The van der Waals surface area contributed by atoms with Gasteiger partial charge in [0.25, 0.3) is 0 Å². The Morgan fingerprint density at radius 3 is 2.18 bits per heavy atom. The van der Waals surface area contributed by atoms with Crippen LogP contribution in [0.15, 0.2) is 24.3 Å². The topological polar surface area (TPSA) is 35.5 Å². The average molecular weight is 236 g/mol. The van der Waals surface area contributed by atoms with Gasteiger partial charge in [-0.25, -0.2) is 0 Å². The number of benzene rings is 1. The van der Waals surface area contributed by atoms with Gasteiger partial charge >= 0.3 is 5.97 Å². The Bertz CT molecular complexity index is 360. The SMILES string of the molecule is CC(=O)OCCOc1ccc(C(C)(C)C)cc1. The summed E-state index contributed by atoms with van der Waals surface area (Å²) < 4.78 is 10.2. The summed E-state index contributed by atoms with van der Waals surface area (Å²) in [4.78, 5) is 10.5. The smallest absolute Gasteiger partial charge is 0.302 e. The van der Waals surface area contributed by atoms with E-state index in [1.165, 1.54) is 12.5 Å². The zero-order chi connectivity index (χ0) is 12.9. The third kappa shape index (κ3) is 4.89. The quantitative estimate of drug-likeness (QED) is 0.595. The van der Waals surface area contributed by atoms with Gasteiger partial charge in [0, 0.05) is 6.92 Å². The van der Waals surface area contributed by atoms with E-state index in [0.29, 0.717) is 6.61 Å². The van der Waals surface area contributed by atoms with Gasteiger partial charge in [-0.05, 0) is 23.1 Å². The van der Waals surface area contributed by atoms with E-state index in [1.807, 2.05) is 12.1 Å². The molecule has 94 valence electrons. The lowest BCUT2D eigenvalue weighted by atomic mass is 9.87. The van der Waals surface area contributed by atoms with Gasteiger partial charge in [-0.1, -0.05) is 32.9 Å². The molecule has 3 nitrogen and oxygen atoms in total. The van der Waals surface area contributed by atoms with Gasteiger partial charge in [-0.2, -0.15) is 0 Å². The molecule has 0 heterocycles. The Kier molecular flexibility index (Phi) is 4.55. The van der Waals surface area contributed by atoms with E-state index < -0.39 is 0 Å². The minimum absolute atomic E-state index is 0.149. The molecule has 0 aromatic heterocycles. The minimum Gasteiger partial charge on any atom is -0.490 e. The Balaban J connectivity index is 2.43. The number of hydrogen-bond donors (Lipinski definition) is 0. The van der Waals surface area contributed by atoms with Crippen molar-refractivity contribution in [2.45, 2.75) is 33.1 Å². The van der Waals surface area contributed by atoms with Crippen LogP contribution in [-0.4, -0.2) is 19.2 Å². The highest BCUT2D eigenvalue weighted by Gasteiger charge is 2.12. The van der Waals surface area contributed by atoms with Gasteiger partial charge in [0.15, 0.2) is 0 Å². The number of rotatable bonds is 4. The molecule has 1 aromatic rings. The van der Waals surface area contributed by atoms with Gasteiger partial charge in [-0.15, -0.1) is 0 Å². The molecule has 0 bridgehead atoms. The molecule has 0 atom stereocenters. The fourth-order valence-electron chi connectivity index (χ4n) is 1.40. The molecular weight excluding hydrogens is 216 g/mol. The maximum Gasteiger partial charge on any atom is 0.302 e. The molecule has 0 unspecified atom stereocenters. The predicted octanol–water partition coefficient (Wildman–Crippen LogP) is 2.93. The van der Waals surface area contributed by atoms with Crippen molar-refractivity contribution in [3.05, 3.63) is 29.8 Å². The predicted molar refractivity (Wildman–Crippen MR) is 67.3 cm³/mol. The summed E-state index contributed by atoms with van der Waals surface area (Å²) in [6.45, 7) is 8.57. The number of carbonyl (C=O) groups is 1. The first kappa shape index (κ1) is 13.6. The summed E-state index contributed by atoms with van der Waals surface area (Å²) >= 11 is 0. The van der Waals surface area contributed by atoms with Crippen molar-refractivity contribution in [1.82, 2.24) is 0 Å². The molecule has 0 fully saturated rings. The lowest BCUT2D eigenvalue weighted by Gasteiger charge is -2.19. The maximum absolute atomic E-state index is 10.5. The highest BCUT2D eigenvalue weighted by Crippen LogP contribution is 2.24. The highest BCUT2D eigenvalue weighted by molar-refractivity contribution is 5.65. The monoisotopic (exact) mass is 236 g/mol. The Morgan fingerprint density at radius 2 is 1.71 bits per heavy atom. The molecule has 0 aliphatic rings. The molecule has 0 saturated carbocycles. The van der Waals surface area contributed by atoms with Gasteiger partial charge in [0.05, 0.1) is 0 Å². The third-order valence-corrected chi connectivity index (χ3v) is 2.38. The summed E-state index contributed by atoms with van der Waals surface area (Å²) in [5.41, 5.74) is 1.42. The number of carbonyl (C=O) groups excluding carboxylic acids is 1. The Morgan fingerprint density at radius 1 is 1.12 bits per heavy atom. The molecule has 0 aliphatic carbocycles. The minimum atomic E-state index is -0.281. The van der Waals surface area contributed by atoms with Crippen molar-refractivity contribution in [3.8, 4) is 5.75 Å². The normalized spacial score (nSPS) is 11.1. The number of esters is 1. The average Bonchev–Trinajstić information content (AvgIpc) is 2.23. The molecule has 0 spiro atoms. The fourth-order valence-corrected chi connectivity index (χ4v) is 1.40. The van der Waals surface area contributed by atoms with Crippen LogP contribution in [0.25, 0.3) is 0 Å². The molecule has 0 aliphatic heterocycles. The van der Waals surface area contributed by atoms with Crippen molar-refractivity contribution in [2.75, 3.05) is 13.2 Å². The second kappa shape index (κ2) is 5.71. The van der Waals surface area contributed by atoms with Crippen molar-refractivity contribution >= 4 is 5.97 Å². The van der Waals surface area contributed by atoms with Crippen LogP contribution in [0.5, 0.6) is 5.75 Å². The van der Waals surface area contributed by atoms with E-state index >= 15 is 0 Å². The molecule has 0 radical (unpaired) electrons. The lowest BCUT2D eigenvalue weighted by Crippen LogP contribution is -2.11. The van der Waals surface area contributed by atoms with Gasteiger partial charge < -0.3 is 9.47 Å². The van der Waals surface area contributed by atoms with Gasteiger partial charge in [0.1, 0.15) is 19.0 Å². The van der Waals surface area contributed by atoms with E-state index in [-0.39, 0.29) is 18.0 Å². The zero-order valence-corrected chi connectivity index (χ0v) is 10.9. The van der Waals surface area contributed by atoms with Crippen molar-refractivity contribution < 1.29 is 14.3 Å². The maximum atomic E-state index is 10.5. The van der Waals surface area contributed by atoms with Crippen LogP contribution in [0, 0.1) is 0 Å². The zero-order valence-electron chi connectivity index (χ0n) is 10.9. The second-order valence-electron chi connectivity index (χ2n) is 4.96. The van der Waals surface area contributed by atoms with Crippen LogP contribution in [0.2, 0.25) is 0 Å². The fraction of sp³-hybridized carbons (Fsp3) is 0.500. The Labute approximate surface area is 103 Å². The van der Waals surface area contributed by atoms with Crippen LogP contribution in [0.4, 0.5) is 0 Å². The van der Waals surface area contributed by atoms with Crippen molar-refractivity contribution in [1.29, 1.82) is 0 Å². The molecule has 1 rings (SSSR count). The summed E-state index contributed by atoms with van der Waals surface area (Å²) in [7, 11) is 0. The first-order chi connectivity index (χ1) is 7.89. The number of ether oxygens (including phenoxy) is 2. The van der Waals surface area contributed by atoms with Crippen LogP contribution in [0.1, 0.15) is 33.3 Å².